The Labute approximate surface area is 176 Å². The summed E-state index contributed by atoms with van der Waals surface area (Å²) in [6, 6.07) is 11.0. The van der Waals surface area contributed by atoms with Gasteiger partial charge in [0.25, 0.3) is 0 Å². The van der Waals surface area contributed by atoms with Gasteiger partial charge in [0, 0.05) is 51.8 Å². The maximum Gasteiger partial charge on any atom is 0.191 e. The molecule has 6 nitrogen and oxygen atoms in total. The van der Waals surface area contributed by atoms with E-state index in [9.17, 15) is 0 Å². The summed E-state index contributed by atoms with van der Waals surface area (Å²) < 4.78 is 11.7. The molecular formula is C23H38N4O2. The number of hydrogen-bond donors (Lipinski definition) is 2. The van der Waals surface area contributed by atoms with Crippen LogP contribution in [0, 0.1) is 5.92 Å². The lowest BCUT2D eigenvalue weighted by molar-refractivity contribution is 0.0532. The number of rotatable bonds is 8. The Hall–Kier alpha value is -1.63. The third-order valence-electron chi connectivity index (χ3n) is 5.88. The Balaban J connectivity index is 1.39. The van der Waals surface area contributed by atoms with E-state index in [1.807, 2.05) is 7.05 Å². The largest absolute Gasteiger partial charge is 0.377 e. The van der Waals surface area contributed by atoms with Crippen LogP contribution in [0.25, 0.3) is 0 Å². The molecule has 162 valence electrons. The number of aliphatic imine (C=N–C) groups is 1. The van der Waals surface area contributed by atoms with E-state index in [2.05, 4.69) is 64.7 Å². The van der Waals surface area contributed by atoms with E-state index in [1.54, 1.807) is 0 Å². The molecule has 0 bridgehead atoms. The molecule has 0 spiro atoms. The van der Waals surface area contributed by atoms with Gasteiger partial charge in [0.1, 0.15) is 0 Å². The standard InChI is InChI=1S/C23H38N4O2/c1-18(2)28-16-14-27-12-9-21(10-13-27)26-23(24-3)25-17-20-11-15-29-22(20)19-7-5-4-6-8-19/h4-8,18,20-22H,9-17H2,1-3H3,(H2,24,25,26). The Kier molecular flexibility index (Phi) is 8.77. The van der Waals surface area contributed by atoms with Gasteiger partial charge >= 0.3 is 0 Å². The second-order valence-electron chi connectivity index (χ2n) is 8.38. The zero-order chi connectivity index (χ0) is 20.5. The number of guanidine groups is 1. The first-order chi connectivity index (χ1) is 14.2. The van der Waals surface area contributed by atoms with Gasteiger partial charge in [-0.15, -0.1) is 0 Å². The number of likely N-dealkylation sites (tertiary alicyclic amines) is 1. The van der Waals surface area contributed by atoms with Gasteiger partial charge in [0.2, 0.25) is 0 Å². The highest BCUT2D eigenvalue weighted by molar-refractivity contribution is 5.80. The molecule has 2 atom stereocenters. The van der Waals surface area contributed by atoms with Gasteiger partial charge in [-0.2, -0.15) is 0 Å². The van der Waals surface area contributed by atoms with Crippen LogP contribution in [0.3, 0.4) is 0 Å². The second-order valence-corrected chi connectivity index (χ2v) is 8.38. The molecule has 1 aromatic carbocycles. The molecule has 2 N–H and O–H groups in total. The van der Waals surface area contributed by atoms with Crippen LogP contribution < -0.4 is 10.6 Å². The Morgan fingerprint density at radius 1 is 1.21 bits per heavy atom. The fourth-order valence-electron chi connectivity index (χ4n) is 4.19. The molecule has 29 heavy (non-hydrogen) atoms. The van der Waals surface area contributed by atoms with Crippen molar-refractivity contribution in [1.29, 1.82) is 0 Å². The molecule has 0 aliphatic carbocycles. The molecule has 2 fully saturated rings. The van der Waals surface area contributed by atoms with E-state index in [1.165, 1.54) is 5.56 Å². The van der Waals surface area contributed by atoms with Gasteiger partial charge in [0.15, 0.2) is 5.96 Å². The molecule has 2 unspecified atom stereocenters. The number of hydrogen-bond acceptors (Lipinski definition) is 4. The van der Waals surface area contributed by atoms with Gasteiger partial charge in [-0.05, 0) is 38.7 Å². The van der Waals surface area contributed by atoms with Crippen LogP contribution >= 0.6 is 0 Å². The smallest absolute Gasteiger partial charge is 0.191 e. The Bertz CT molecular complexity index is 615. The lowest BCUT2D eigenvalue weighted by Gasteiger charge is -2.33. The number of nitrogens with one attached hydrogen (secondary N) is 2. The van der Waals surface area contributed by atoms with Crippen LogP contribution in [0.1, 0.15) is 44.8 Å². The van der Waals surface area contributed by atoms with Gasteiger partial charge in [-0.25, -0.2) is 0 Å². The number of benzene rings is 1. The van der Waals surface area contributed by atoms with E-state index in [0.29, 0.717) is 18.1 Å². The van der Waals surface area contributed by atoms with Crippen LogP contribution in [0.5, 0.6) is 0 Å². The summed E-state index contributed by atoms with van der Waals surface area (Å²) in [7, 11) is 1.85. The number of nitrogens with zero attached hydrogens (tertiary/aromatic N) is 2. The first-order valence-electron chi connectivity index (χ1n) is 11.1. The normalized spacial score (nSPS) is 24.2. The molecule has 0 amide bonds. The minimum Gasteiger partial charge on any atom is -0.377 e. The SMILES string of the molecule is CN=C(NCC1CCOC1c1ccccc1)NC1CCN(CCOC(C)C)CC1. The van der Waals surface area contributed by atoms with Crippen molar-refractivity contribution in [2.24, 2.45) is 10.9 Å². The van der Waals surface area contributed by atoms with Crippen molar-refractivity contribution < 1.29 is 9.47 Å². The quantitative estimate of drug-likeness (QED) is 0.517. The van der Waals surface area contributed by atoms with Crippen LogP contribution in [0.4, 0.5) is 0 Å². The molecule has 0 saturated carbocycles. The molecule has 0 aromatic heterocycles. The Morgan fingerprint density at radius 2 is 1.97 bits per heavy atom. The highest BCUT2D eigenvalue weighted by Gasteiger charge is 2.29. The van der Waals surface area contributed by atoms with Crippen molar-refractivity contribution in [1.82, 2.24) is 15.5 Å². The predicted octanol–water partition coefficient (Wildman–Crippen LogP) is 2.82. The van der Waals surface area contributed by atoms with Crippen LogP contribution in [0.15, 0.2) is 35.3 Å². The van der Waals surface area contributed by atoms with E-state index < -0.39 is 0 Å². The highest BCUT2D eigenvalue weighted by Crippen LogP contribution is 2.33. The van der Waals surface area contributed by atoms with Gasteiger partial charge < -0.3 is 25.0 Å². The molecule has 3 rings (SSSR count). The summed E-state index contributed by atoms with van der Waals surface area (Å²) in [6.07, 6.45) is 3.86. The topological polar surface area (TPSA) is 58.1 Å². The van der Waals surface area contributed by atoms with Crippen molar-refractivity contribution in [3.63, 3.8) is 0 Å². The molecule has 1 aromatic rings. The summed E-state index contributed by atoms with van der Waals surface area (Å²) in [5.74, 6) is 1.38. The zero-order valence-electron chi connectivity index (χ0n) is 18.3. The first kappa shape index (κ1) is 22.1. The van der Waals surface area contributed by atoms with Crippen molar-refractivity contribution in [3.05, 3.63) is 35.9 Å². The first-order valence-corrected chi connectivity index (χ1v) is 11.1. The van der Waals surface area contributed by atoms with Crippen LogP contribution in [-0.4, -0.2) is 69.4 Å². The van der Waals surface area contributed by atoms with Crippen molar-refractivity contribution >= 4 is 5.96 Å². The lowest BCUT2D eigenvalue weighted by atomic mass is 9.95. The molecule has 2 aliphatic rings. The summed E-state index contributed by atoms with van der Waals surface area (Å²) in [4.78, 5) is 6.95. The third-order valence-corrected chi connectivity index (χ3v) is 5.88. The van der Waals surface area contributed by atoms with Crippen LogP contribution in [0.2, 0.25) is 0 Å². The molecule has 2 saturated heterocycles. The molecule has 0 radical (unpaired) electrons. The van der Waals surface area contributed by atoms with E-state index in [0.717, 1.165) is 64.6 Å². The minimum absolute atomic E-state index is 0.179. The molecular weight excluding hydrogens is 364 g/mol. The number of ether oxygens (including phenoxy) is 2. The van der Waals surface area contributed by atoms with Crippen molar-refractivity contribution in [3.8, 4) is 0 Å². The van der Waals surface area contributed by atoms with Gasteiger partial charge in [-0.1, -0.05) is 30.3 Å². The average Bonchev–Trinajstić information content (AvgIpc) is 3.21. The van der Waals surface area contributed by atoms with E-state index >= 15 is 0 Å². The Morgan fingerprint density at radius 3 is 2.66 bits per heavy atom. The maximum absolute atomic E-state index is 6.01. The van der Waals surface area contributed by atoms with Crippen molar-refractivity contribution in [2.75, 3.05) is 46.4 Å². The fourth-order valence-corrected chi connectivity index (χ4v) is 4.19. The van der Waals surface area contributed by atoms with E-state index in [4.69, 9.17) is 9.47 Å². The third kappa shape index (κ3) is 6.98. The maximum atomic E-state index is 6.01. The summed E-state index contributed by atoms with van der Waals surface area (Å²) in [6.45, 7) is 9.97. The van der Waals surface area contributed by atoms with E-state index in [-0.39, 0.29) is 6.10 Å². The summed E-state index contributed by atoms with van der Waals surface area (Å²) in [5.41, 5.74) is 1.27. The number of piperidine rings is 1. The van der Waals surface area contributed by atoms with Gasteiger partial charge in [-0.3, -0.25) is 4.99 Å². The van der Waals surface area contributed by atoms with Gasteiger partial charge in [0.05, 0.1) is 18.8 Å². The minimum atomic E-state index is 0.179. The summed E-state index contributed by atoms with van der Waals surface area (Å²) in [5, 5.41) is 7.16. The highest BCUT2D eigenvalue weighted by atomic mass is 16.5. The van der Waals surface area contributed by atoms with Crippen molar-refractivity contribution in [2.45, 2.75) is 51.4 Å². The molecule has 6 heteroatoms. The van der Waals surface area contributed by atoms with Crippen LogP contribution in [-0.2, 0) is 9.47 Å². The zero-order valence-corrected chi connectivity index (χ0v) is 18.3. The predicted molar refractivity (Wildman–Crippen MR) is 118 cm³/mol. The monoisotopic (exact) mass is 402 g/mol. The second kappa shape index (κ2) is 11.5. The molecule has 2 heterocycles. The lowest BCUT2D eigenvalue weighted by Crippen LogP contribution is -2.49. The molecule has 2 aliphatic heterocycles. The average molecular weight is 403 g/mol. The summed E-state index contributed by atoms with van der Waals surface area (Å²) >= 11 is 0. The fraction of sp³-hybridized carbons (Fsp3) is 0.696.